The third-order valence-corrected chi connectivity index (χ3v) is 5.86. The zero-order chi connectivity index (χ0) is 19.7. The number of hydrogen-bond donors (Lipinski definition) is 2. The highest BCUT2D eigenvalue weighted by Gasteiger charge is 2.61. The predicted octanol–water partition coefficient (Wildman–Crippen LogP) is 1.62. The molecule has 6 nitrogen and oxygen atoms in total. The molecule has 140 valence electrons. The Labute approximate surface area is 156 Å². The van der Waals surface area contributed by atoms with Crippen molar-refractivity contribution in [2.24, 2.45) is 11.8 Å². The molecule has 4 amide bonds. The lowest BCUT2D eigenvalue weighted by molar-refractivity contribution is -0.138. The second kappa shape index (κ2) is 5.54. The van der Waals surface area contributed by atoms with E-state index in [0.717, 1.165) is 24.3 Å². The van der Waals surface area contributed by atoms with E-state index in [2.05, 4.69) is 10.6 Å². The Balaban J connectivity index is 1.74. The Kier molecular flexibility index (Phi) is 3.31. The second-order valence-electron chi connectivity index (χ2n) is 7.20. The average Bonchev–Trinajstić information content (AvgIpc) is 2.73. The summed E-state index contributed by atoms with van der Waals surface area (Å²) in [4.78, 5) is 50.3. The van der Waals surface area contributed by atoms with Gasteiger partial charge in [0, 0.05) is 23.0 Å². The van der Waals surface area contributed by atoms with Gasteiger partial charge in [-0.05, 0) is 47.5 Å². The van der Waals surface area contributed by atoms with E-state index in [1.807, 2.05) is 0 Å². The summed E-state index contributed by atoms with van der Waals surface area (Å²) in [7, 11) is 0. The number of nitrogens with one attached hydrogen (secondary N) is 2. The SMILES string of the molecule is O=C1NC(=O)C2C(c3cc(F)ccc31)[C@H]1C(=O)NC(=O)c3ccc(F)cc3[C@H]21. The van der Waals surface area contributed by atoms with Crippen LogP contribution in [0.15, 0.2) is 36.4 Å². The van der Waals surface area contributed by atoms with Gasteiger partial charge in [0.15, 0.2) is 0 Å². The lowest BCUT2D eigenvalue weighted by atomic mass is 9.52. The maximum Gasteiger partial charge on any atom is 0.258 e. The zero-order valence-electron chi connectivity index (χ0n) is 14.2. The minimum atomic E-state index is -0.908. The number of carbonyl (C=O) groups excluding carboxylic acids is 4. The number of hydrogen-bond acceptors (Lipinski definition) is 4. The fraction of sp³-hybridized carbons (Fsp3) is 0.200. The normalized spacial score (nSPS) is 27.8. The molecular formula is C20H12F2N2O4. The molecule has 28 heavy (non-hydrogen) atoms. The van der Waals surface area contributed by atoms with Gasteiger partial charge in [-0.1, -0.05) is 0 Å². The van der Waals surface area contributed by atoms with Crippen LogP contribution in [0.5, 0.6) is 0 Å². The third kappa shape index (κ3) is 2.11. The highest BCUT2D eigenvalue weighted by Crippen LogP contribution is 2.60. The molecule has 1 saturated carbocycles. The summed E-state index contributed by atoms with van der Waals surface area (Å²) in [6.07, 6.45) is 0. The fourth-order valence-electron chi connectivity index (χ4n) is 4.73. The molecule has 0 unspecified atom stereocenters. The molecule has 2 aliphatic heterocycles. The Morgan fingerprint density at radius 1 is 0.607 bits per heavy atom. The van der Waals surface area contributed by atoms with E-state index in [1.165, 1.54) is 12.1 Å². The van der Waals surface area contributed by atoms with Gasteiger partial charge in [0.05, 0.1) is 11.8 Å². The number of benzene rings is 2. The highest BCUT2D eigenvalue weighted by atomic mass is 19.1. The van der Waals surface area contributed by atoms with Gasteiger partial charge in [0.2, 0.25) is 11.8 Å². The topological polar surface area (TPSA) is 92.3 Å². The van der Waals surface area contributed by atoms with Gasteiger partial charge in [-0.15, -0.1) is 0 Å². The summed E-state index contributed by atoms with van der Waals surface area (Å²) < 4.78 is 27.8. The lowest BCUT2D eigenvalue weighted by Crippen LogP contribution is -2.54. The van der Waals surface area contributed by atoms with Crippen molar-refractivity contribution in [1.29, 1.82) is 0 Å². The molecule has 2 N–H and O–H groups in total. The highest BCUT2D eigenvalue weighted by molar-refractivity contribution is 6.13. The van der Waals surface area contributed by atoms with E-state index in [4.69, 9.17) is 0 Å². The Morgan fingerprint density at radius 3 is 1.39 bits per heavy atom. The van der Waals surface area contributed by atoms with Crippen LogP contribution in [0.4, 0.5) is 8.78 Å². The standard InChI is InChI=1S/C20H12F2N2O4/c21-7-1-3-9-11(5-7)13-15(19(27)23-17(9)25)14-12-6-8(22)2-4-10(12)18(26)24-20(28)16(13)14/h1-6,13-16H,(H,23,25,27)(H,24,26,28)/t13-,14?,15-,16?/m0/s1. The molecule has 5 rings (SSSR count). The predicted molar refractivity (Wildman–Crippen MR) is 90.2 cm³/mol. The molecule has 2 aromatic carbocycles. The van der Waals surface area contributed by atoms with Crippen molar-refractivity contribution in [1.82, 2.24) is 10.6 Å². The van der Waals surface area contributed by atoms with Crippen molar-refractivity contribution in [2.75, 3.05) is 0 Å². The van der Waals surface area contributed by atoms with Crippen molar-refractivity contribution >= 4 is 23.6 Å². The fourth-order valence-corrected chi connectivity index (χ4v) is 4.73. The Bertz CT molecular complexity index is 1020. The minimum Gasteiger partial charge on any atom is -0.292 e. The van der Waals surface area contributed by atoms with E-state index in [-0.39, 0.29) is 22.3 Å². The quantitative estimate of drug-likeness (QED) is 0.678. The molecule has 3 aliphatic rings. The summed E-state index contributed by atoms with van der Waals surface area (Å²) in [6, 6.07) is 6.98. The number of imide groups is 2. The molecule has 1 fully saturated rings. The smallest absolute Gasteiger partial charge is 0.258 e. The first-order chi connectivity index (χ1) is 13.4. The number of fused-ring (bicyclic) bond motifs is 8. The zero-order valence-corrected chi connectivity index (χ0v) is 14.2. The molecule has 0 saturated heterocycles. The maximum atomic E-state index is 13.9. The van der Waals surface area contributed by atoms with Crippen molar-refractivity contribution in [3.8, 4) is 0 Å². The first-order valence-electron chi connectivity index (χ1n) is 8.66. The van der Waals surface area contributed by atoms with Crippen molar-refractivity contribution in [2.45, 2.75) is 11.8 Å². The maximum absolute atomic E-state index is 13.9. The van der Waals surface area contributed by atoms with E-state index in [0.29, 0.717) is 0 Å². The van der Waals surface area contributed by atoms with E-state index in [1.54, 1.807) is 0 Å². The molecule has 1 aliphatic carbocycles. The van der Waals surface area contributed by atoms with Crippen molar-refractivity contribution < 1.29 is 28.0 Å². The first-order valence-corrected chi connectivity index (χ1v) is 8.66. The van der Waals surface area contributed by atoms with Crippen LogP contribution < -0.4 is 10.6 Å². The van der Waals surface area contributed by atoms with Crippen LogP contribution in [-0.4, -0.2) is 23.6 Å². The van der Waals surface area contributed by atoms with Crippen LogP contribution in [0.25, 0.3) is 0 Å². The van der Waals surface area contributed by atoms with Crippen LogP contribution >= 0.6 is 0 Å². The van der Waals surface area contributed by atoms with E-state index in [9.17, 15) is 28.0 Å². The van der Waals surface area contributed by atoms with Crippen LogP contribution in [0.1, 0.15) is 43.7 Å². The van der Waals surface area contributed by atoms with Crippen molar-refractivity contribution in [3.05, 3.63) is 70.3 Å². The van der Waals surface area contributed by atoms with E-state index < -0.39 is 58.9 Å². The van der Waals surface area contributed by atoms with Crippen LogP contribution in [0.2, 0.25) is 0 Å². The Morgan fingerprint density at radius 2 is 1.00 bits per heavy atom. The summed E-state index contributed by atoms with van der Waals surface area (Å²) in [5.74, 6) is -7.27. The third-order valence-electron chi connectivity index (χ3n) is 5.86. The van der Waals surface area contributed by atoms with Gasteiger partial charge in [-0.3, -0.25) is 29.8 Å². The summed E-state index contributed by atoms with van der Waals surface area (Å²) >= 11 is 0. The minimum absolute atomic E-state index is 0.100. The molecule has 0 spiro atoms. The first kappa shape index (κ1) is 16.7. The van der Waals surface area contributed by atoms with Gasteiger partial charge in [-0.25, -0.2) is 8.78 Å². The lowest BCUT2D eigenvalue weighted by Gasteiger charge is -2.49. The average molecular weight is 382 g/mol. The molecular weight excluding hydrogens is 370 g/mol. The summed E-state index contributed by atoms with van der Waals surface area (Å²) in [6.45, 7) is 0. The van der Waals surface area contributed by atoms with Crippen molar-refractivity contribution in [3.63, 3.8) is 0 Å². The largest absolute Gasteiger partial charge is 0.292 e. The Hall–Kier alpha value is -3.42. The van der Waals surface area contributed by atoms with Crippen LogP contribution in [-0.2, 0) is 9.59 Å². The van der Waals surface area contributed by atoms with Crippen LogP contribution in [0, 0.1) is 23.5 Å². The van der Waals surface area contributed by atoms with Gasteiger partial charge >= 0.3 is 0 Å². The second-order valence-corrected chi connectivity index (χ2v) is 7.20. The number of halogens is 2. The van der Waals surface area contributed by atoms with Gasteiger partial charge in [0.25, 0.3) is 11.8 Å². The molecule has 0 aromatic heterocycles. The summed E-state index contributed by atoms with van der Waals surface area (Å²) in [5, 5.41) is 4.53. The molecule has 0 bridgehead atoms. The monoisotopic (exact) mass is 382 g/mol. The van der Waals surface area contributed by atoms with Gasteiger partial charge < -0.3 is 0 Å². The van der Waals surface area contributed by atoms with E-state index >= 15 is 0 Å². The summed E-state index contributed by atoms with van der Waals surface area (Å²) in [5.41, 5.74) is 0.668. The number of carbonyl (C=O) groups is 4. The molecule has 8 heteroatoms. The molecule has 0 atom stereocenters. The van der Waals surface area contributed by atoms with Gasteiger partial charge in [-0.2, -0.15) is 0 Å². The number of amides is 4. The molecule has 2 heterocycles. The molecule has 2 aromatic rings. The van der Waals surface area contributed by atoms with Gasteiger partial charge in [0.1, 0.15) is 11.6 Å². The van der Waals surface area contributed by atoms with Crippen LogP contribution in [0.3, 0.4) is 0 Å². The molecule has 0 radical (unpaired) electrons. The number of rotatable bonds is 0.